The van der Waals surface area contributed by atoms with Crippen molar-refractivity contribution in [3.63, 3.8) is 0 Å². The van der Waals surface area contributed by atoms with Crippen LogP contribution >= 0.6 is 0 Å². The largest absolute Gasteiger partial charge is 0.480 e. The zero-order valence-corrected chi connectivity index (χ0v) is 9.77. The van der Waals surface area contributed by atoms with E-state index in [0.717, 1.165) is 10.9 Å². The van der Waals surface area contributed by atoms with Gasteiger partial charge in [-0.2, -0.15) is 0 Å². The molecule has 0 amide bonds. The van der Waals surface area contributed by atoms with Gasteiger partial charge in [-0.25, -0.2) is 9.78 Å². The molecule has 0 atom stereocenters. The zero-order valence-electron chi connectivity index (χ0n) is 9.77. The Morgan fingerprint density at radius 1 is 1.35 bits per heavy atom. The highest BCUT2D eigenvalue weighted by molar-refractivity contribution is 5.96. The van der Waals surface area contributed by atoms with Crippen molar-refractivity contribution in [1.29, 1.82) is 0 Å². The number of hydrogen-bond donors (Lipinski definition) is 0. The Balaban J connectivity index is 2.56. The van der Waals surface area contributed by atoms with Crippen LogP contribution in [0.4, 0.5) is 0 Å². The number of aromatic nitrogens is 1. The van der Waals surface area contributed by atoms with Crippen LogP contribution in [0.1, 0.15) is 17.3 Å². The van der Waals surface area contributed by atoms with E-state index in [1.807, 2.05) is 24.3 Å². The first-order chi connectivity index (χ1) is 8.26. The molecule has 4 heteroatoms. The summed E-state index contributed by atoms with van der Waals surface area (Å²) in [5.41, 5.74) is 1.14. The molecule has 0 spiro atoms. The van der Waals surface area contributed by atoms with Gasteiger partial charge in [0, 0.05) is 5.39 Å². The molecule has 0 saturated heterocycles. The lowest BCUT2D eigenvalue weighted by molar-refractivity contribution is 0.0522. The molecule has 2 rings (SSSR count). The van der Waals surface area contributed by atoms with Crippen LogP contribution in [0.15, 0.2) is 30.3 Å². The van der Waals surface area contributed by atoms with E-state index in [-0.39, 0.29) is 0 Å². The lowest BCUT2D eigenvalue weighted by atomic mass is 10.1. The number of pyridine rings is 1. The molecule has 0 bridgehead atoms. The Bertz CT molecular complexity index is 551. The summed E-state index contributed by atoms with van der Waals surface area (Å²) < 4.78 is 10.1. The van der Waals surface area contributed by atoms with E-state index in [1.54, 1.807) is 13.0 Å². The molecule has 17 heavy (non-hydrogen) atoms. The number of hydrogen-bond acceptors (Lipinski definition) is 4. The minimum absolute atomic E-state index is 0.294. The first-order valence-electron chi connectivity index (χ1n) is 5.37. The summed E-state index contributed by atoms with van der Waals surface area (Å²) in [6.07, 6.45) is 0. The van der Waals surface area contributed by atoms with E-state index in [9.17, 15) is 4.79 Å². The van der Waals surface area contributed by atoms with E-state index in [0.29, 0.717) is 18.1 Å². The Kier molecular flexibility index (Phi) is 3.23. The van der Waals surface area contributed by atoms with Gasteiger partial charge in [-0.1, -0.05) is 18.2 Å². The summed E-state index contributed by atoms with van der Waals surface area (Å²) in [7, 11) is 1.49. The summed E-state index contributed by atoms with van der Waals surface area (Å²) in [5, 5.41) is 0.886. The molecule has 0 N–H and O–H groups in total. The molecule has 1 heterocycles. The van der Waals surface area contributed by atoms with Gasteiger partial charge in [0.05, 0.1) is 19.2 Å². The van der Waals surface area contributed by atoms with Gasteiger partial charge in [0.2, 0.25) is 5.88 Å². The van der Waals surface area contributed by atoms with Crippen molar-refractivity contribution in [1.82, 2.24) is 4.98 Å². The first kappa shape index (κ1) is 11.4. The maximum Gasteiger partial charge on any atom is 0.343 e. The molecular formula is C13H13NO3. The Hall–Kier alpha value is -2.10. The molecule has 0 aliphatic carbocycles. The smallest absolute Gasteiger partial charge is 0.343 e. The van der Waals surface area contributed by atoms with Crippen molar-refractivity contribution in [3.05, 3.63) is 35.9 Å². The van der Waals surface area contributed by atoms with E-state index in [1.165, 1.54) is 7.11 Å². The molecule has 1 aromatic heterocycles. The Labute approximate surface area is 99.2 Å². The maximum atomic E-state index is 11.7. The predicted octanol–water partition coefficient (Wildman–Crippen LogP) is 2.42. The highest BCUT2D eigenvalue weighted by Gasteiger charge is 2.15. The number of esters is 1. The maximum absolute atomic E-state index is 11.7. The van der Waals surface area contributed by atoms with Crippen LogP contribution < -0.4 is 4.74 Å². The van der Waals surface area contributed by atoms with Crippen LogP contribution in [0.2, 0.25) is 0 Å². The van der Waals surface area contributed by atoms with Gasteiger partial charge in [0.15, 0.2) is 0 Å². The number of para-hydroxylation sites is 1. The van der Waals surface area contributed by atoms with Crippen molar-refractivity contribution < 1.29 is 14.3 Å². The number of methoxy groups -OCH3 is 1. The zero-order chi connectivity index (χ0) is 12.3. The first-order valence-corrected chi connectivity index (χ1v) is 5.37. The summed E-state index contributed by atoms with van der Waals surface area (Å²) in [6.45, 7) is 2.09. The lowest BCUT2D eigenvalue weighted by Crippen LogP contribution is -2.08. The fourth-order valence-electron chi connectivity index (χ4n) is 1.61. The van der Waals surface area contributed by atoms with Crippen molar-refractivity contribution in [2.75, 3.05) is 13.7 Å². The quantitative estimate of drug-likeness (QED) is 0.761. The monoisotopic (exact) mass is 231 g/mol. The highest BCUT2D eigenvalue weighted by atomic mass is 16.5. The van der Waals surface area contributed by atoms with Crippen LogP contribution in [0.25, 0.3) is 10.9 Å². The van der Waals surface area contributed by atoms with Crippen LogP contribution in [0.3, 0.4) is 0 Å². The molecular weight excluding hydrogens is 218 g/mol. The van der Waals surface area contributed by atoms with Gasteiger partial charge in [-0.3, -0.25) is 0 Å². The number of fused-ring (bicyclic) bond motifs is 1. The number of nitrogens with zero attached hydrogens (tertiary/aromatic N) is 1. The van der Waals surface area contributed by atoms with Gasteiger partial charge in [-0.05, 0) is 19.1 Å². The van der Waals surface area contributed by atoms with Crippen molar-refractivity contribution in [3.8, 4) is 5.88 Å². The van der Waals surface area contributed by atoms with Crippen molar-refractivity contribution in [2.45, 2.75) is 6.92 Å². The molecule has 0 radical (unpaired) electrons. The molecule has 0 saturated carbocycles. The predicted molar refractivity (Wildman–Crippen MR) is 64.3 cm³/mol. The molecule has 1 aromatic carbocycles. The van der Waals surface area contributed by atoms with Gasteiger partial charge in [0.25, 0.3) is 0 Å². The van der Waals surface area contributed by atoms with E-state index < -0.39 is 5.97 Å². The van der Waals surface area contributed by atoms with E-state index in [2.05, 4.69) is 4.98 Å². The van der Waals surface area contributed by atoms with Crippen LogP contribution in [-0.2, 0) is 4.74 Å². The summed E-state index contributed by atoms with van der Waals surface area (Å²) in [5.74, 6) is -0.121. The number of ether oxygens (including phenoxy) is 2. The normalized spacial score (nSPS) is 10.2. The minimum atomic E-state index is -0.414. The Morgan fingerprint density at radius 3 is 2.82 bits per heavy atom. The van der Waals surface area contributed by atoms with E-state index in [4.69, 9.17) is 9.47 Å². The van der Waals surface area contributed by atoms with Crippen LogP contribution in [-0.4, -0.2) is 24.7 Å². The summed E-state index contributed by atoms with van der Waals surface area (Å²) in [4.78, 5) is 16.0. The highest BCUT2D eigenvalue weighted by Crippen LogP contribution is 2.22. The van der Waals surface area contributed by atoms with Crippen molar-refractivity contribution >= 4 is 16.9 Å². The average Bonchev–Trinajstić information content (AvgIpc) is 2.37. The third kappa shape index (κ3) is 2.20. The summed E-state index contributed by atoms with van der Waals surface area (Å²) in [6, 6.07) is 9.28. The topological polar surface area (TPSA) is 48.4 Å². The molecule has 0 aliphatic rings. The second kappa shape index (κ2) is 4.82. The molecule has 4 nitrogen and oxygen atoms in total. The van der Waals surface area contributed by atoms with Gasteiger partial charge in [0.1, 0.15) is 5.56 Å². The molecule has 88 valence electrons. The second-order valence-corrected chi connectivity index (χ2v) is 3.46. The number of carbonyl (C=O) groups is 1. The lowest BCUT2D eigenvalue weighted by Gasteiger charge is -2.08. The van der Waals surface area contributed by atoms with Crippen molar-refractivity contribution in [2.24, 2.45) is 0 Å². The average molecular weight is 231 g/mol. The standard InChI is InChI=1S/C13H13NO3/c1-3-17-13(15)10-8-9-6-4-5-7-11(9)14-12(10)16-2/h4-8H,3H2,1-2H3. The second-order valence-electron chi connectivity index (χ2n) is 3.46. The number of carbonyl (C=O) groups excluding carboxylic acids is 1. The fourth-order valence-corrected chi connectivity index (χ4v) is 1.61. The van der Waals surface area contributed by atoms with Crippen LogP contribution in [0, 0.1) is 0 Å². The molecule has 2 aromatic rings. The number of rotatable bonds is 3. The van der Waals surface area contributed by atoms with Gasteiger partial charge in [-0.15, -0.1) is 0 Å². The SMILES string of the molecule is CCOC(=O)c1cc2ccccc2nc1OC. The molecule has 0 unspecified atom stereocenters. The number of benzene rings is 1. The minimum Gasteiger partial charge on any atom is -0.480 e. The Morgan fingerprint density at radius 2 is 2.12 bits per heavy atom. The molecule has 0 fully saturated rings. The third-order valence-electron chi connectivity index (χ3n) is 2.38. The molecule has 0 aliphatic heterocycles. The summed E-state index contributed by atoms with van der Waals surface area (Å²) >= 11 is 0. The van der Waals surface area contributed by atoms with E-state index >= 15 is 0 Å². The van der Waals surface area contributed by atoms with Gasteiger partial charge >= 0.3 is 5.97 Å². The van der Waals surface area contributed by atoms with Gasteiger partial charge < -0.3 is 9.47 Å². The fraction of sp³-hybridized carbons (Fsp3) is 0.231. The third-order valence-corrected chi connectivity index (χ3v) is 2.38. The van der Waals surface area contributed by atoms with Crippen LogP contribution in [0.5, 0.6) is 5.88 Å².